The quantitative estimate of drug-likeness (QED) is 0.836. The second-order valence-electron chi connectivity index (χ2n) is 5.81. The Balaban J connectivity index is 1.69. The van der Waals surface area contributed by atoms with Gasteiger partial charge >= 0.3 is 0 Å². The van der Waals surface area contributed by atoms with Crippen molar-refractivity contribution in [2.75, 3.05) is 19.6 Å². The lowest BCUT2D eigenvalue weighted by Crippen LogP contribution is -2.37. The average Bonchev–Trinajstić information content (AvgIpc) is 3.28. The molecule has 0 aliphatic carbocycles. The lowest BCUT2D eigenvalue weighted by Gasteiger charge is -2.26. The van der Waals surface area contributed by atoms with Crippen LogP contribution in [0.1, 0.15) is 42.1 Å². The summed E-state index contributed by atoms with van der Waals surface area (Å²) in [6.45, 7) is 5.45. The van der Waals surface area contributed by atoms with Gasteiger partial charge in [-0.1, -0.05) is 0 Å². The third kappa shape index (κ3) is 3.70. The molecule has 1 fully saturated rings. The third-order valence-electron chi connectivity index (χ3n) is 4.35. The topological polar surface area (TPSA) is 50.4 Å². The van der Waals surface area contributed by atoms with Gasteiger partial charge in [0.15, 0.2) is 0 Å². The fourth-order valence-electron chi connectivity index (χ4n) is 3.15. The Labute approximate surface area is 144 Å². The van der Waals surface area contributed by atoms with Crippen molar-refractivity contribution in [2.24, 2.45) is 0 Å². The van der Waals surface area contributed by atoms with Crippen LogP contribution in [0.5, 0.6) is 0 Å². The van der Waals surface area contributed by atoms with Crippen molar-refractivity contribution < 1.29 is 9.21 Å². The van der Waals surface area contributed by atoms with Gasteiger partial charge in [0.25, 0.3) is 5.91 Å². The van der Waals surface area contributed by atoms with Crippen molar-refractivity contribution in [2.45, 2.75) is 32.4 Å². The van der Waals surface area contributed by atoms with Crippen molar-refractivity contribution in [3.8, 4) is 0 Å². The van der Waals surface area contributed by atoms with Crippen LogP contribution in [0.15, 0.2) is 39.5 Å². The van der Waals surface area contributed by atoms with Crippen LogP contribution in [-0.4, -0.2) is 35.0 Å². The first kappa shape index (κ1) is 16.3. The molecule has 3 rings (SSSR count). The molecule has 1 N–H and O–H groups in total. The largest absolute Gasteiger partial charge is 0.468 e. The highest BCUT2D eigenvalue weighted by atomic mass is 79.9. The molecule has 1 aliphatic heterocycles. The standard InChI is InChI=1S/C17H22BrN3O2/c1-2-20-12-13(18)10-14(20)17(22)19-11-15(16-6-5-9-23-16)21-7-3-4-8-21/h5-6,9-10,12,15H,2-4,7-8,11H2,1H3,(H,19,22). The molecule has 0 radical (unpaired) electrons. The fraction of sp³-hybridized carbons (Fsp3) is 0.471. The van der Waals surface area contributed by atoms with Crippen molar-refractivity contribution in [1.29, 1.82) is 0 Å². The van der Waals surface area contributed by atoms with Gasteiger partial charge in [0.05, 0.1) is 12.3 Å². The molecule has 5 nitrogen and oxygen atoms in total. The number of halogens is 1. The first-order valence-corrected chi connectivity index (χ1v) is 8.89. The second-order valence-corrected chi connectivity index (χ2v) is 6.73. The molecule has 0 aromatic carbocycles. The van der Waals surface area contributed by atoms with Crippen LogP contribution in [0.4, 0.5) is 0 Å². The van der Waals surface area contributed by atoms with Gasteiger partial charge in [0, 0.05) is 23.8 Å². The van der Waals surface area contributed by atoms with Crippen LogP contribution >= 0.6 is 15.9 Å². The van der Waals surface area contributed by atoms with E-state index in [2.05, 4.69) is 26.1 Å². The zero-order valence-corrected chi connectivity index (χ0v) is 14.9. The Morgan fingerprint density at radius 1 is 1.43 bits per heavy atom. The predicted octanol–water partition coefficient (Wildman–Crippen LogP) is 3.43. The molecule has 1 saturated heterocycles. The summed E-state index contributed by atoms with van der Waals surface area (Å²) in [4.78, 5) is 14.9. The molecule has 6 heteroatoms. The molecule has 23 heavy (non-hydrogen) atoms. The first-order valence-electron chi connectivity index (χ1n) is 8.10. The lowest BCUT2D eigenvalue weighted by atomic mass is 10.2. The van der Waals surface area contributed by atoms with Crippen molar-refractivity contribution in [1.82, 2.24) is 14.8 Å². The van der Waals surface area contributed by atoms with E-state index in [-0.39, 0.29) is 11.9 Å². The van der Waals surface area contributed by atoms with E-state index >= 15 is 0 Å². The van der Waals surface area contributed by atoms with Crippen LogP contribution in [0.2, 0.25) is 0 Å². The maximum atomic E-state index is 12.5. The molecule has 0 spiro atoms. The number of nitrogens with one attached hydrogen (secondary N) is 1. The van der Waals surface area contributed by atoms with Crippen LogP contribution in [0.25, 0.3) is 0 Å². The highest BCUT2D eigenvalue weighted by molar-refractivity contribution is 9.10. The summed E-state index contributed by atoms with van der Waals surface area (Å²) in [5.41, 5.74) is 0.680. The smallest absolute Gasteiger partial charge is 0.268 e. The summed E-state index contributed by atoms with van der Waals surface area (Å²) >= 11 is 3.43. The summed E-state index contributed by atoms with van der Waals surface area (Å²) in [7, 11) is 0. The Morgan fingerprint density at radius 2 is 2.22 bits per heavy atom. The van der Waals surface area contributed by atoms with E-state index in [1.165, 1.54) is 12.8 Å². The van der Waals surface area contributed by atoms with E-state index in [0.717, 1.165) is 29.9 Å². The second kappa shape index (κ2) is 7.36. The molecular weight excluding hydrogens is 358 g/mol. The highest BCUT2D eigenvalue weighted by Crippen LogP contribution is 2.25. The van der Waals surface area contributed by atoms with Gasteiger partial charge < -0.3 is 14.3 Å². The Kier molecular flexibility index (Phi) is 5.23. The van der Waals surface area contributed by atoms with E-state index in [4.69, 9.17) is 4.42 Å². The van der Waals surface area contributed by atoms with E-state index in [9.17, 15) is 4.79 Å². The number of carbonyl (C=O) groups excluding carboxylic acids is 1. The van der Waals surface area contributed by atoms with Gasteiger partial charge in [0.1, 0.15) is 11.5 Å². The minimum atomic E-state index is -0.0479. The number of carbonyl (C=O) groups is 1. The minimum absolute atomic E-state index is 0.0479. The number of amides is 1. The number of hydrogen-bond donors (Lipinski definition) is 1. The third-order valence-corrected chi connectivity index (χ3v) is 4.78. The monoisotopic (exact) mass is 379 g/mol. The van der Waals surface area contributed by atoms with Gasteiger partial charge in [-0.3, -0.25) is 9.69 Å². The molecular formula is C17H22BrN3O2. The number of aryl methyl sites for hydroxylation is 1. The zero-order chi connectivity index (χ0) is 16.2. The maximum Gasteiger partial charge on any atom is 0.268 e. The van der Waals surface area contributed by atoms with Gasteiger partial charge in [-0.25, -0.2) is 0 Å². The van der Waals surface area contributed by atoms with Crippen molar-refractivity contribution in [3.05, 3.63) is 46.6 Å². The molecule has 1 aliphatic rings. The normalized spacial score (nSPS) is 16.6. The summed E-state index contributed by atoms with van der Waals surface area (Å²) in [6.07, 6.45) is 6.03. The molecule has 0 bridgehead atoms. The van der Waals surface area contributed by atoms with Crippen LogP contribution in [0.3, 0.4) is 0 Å². The fourth-order valence-corrected chi connectivity index (χ4v) is 3.61. The van der Waals surface area contributed by atoms with Crippen LogP contribution < -0.4 is 5.32 Å². The maximum absolute atomic E-state index is 12.5. The molecule has 1 atom stereocenters. The summed E-state index contributed by atoms with van der Waals surface area (Å²) in [5, 5.41) is 3.07. The van der Waals surface area contributed by atoms with E-state index in [1.54, 1.807) is 6.26 Å². The van der Waals surface area contributed by atoms with Crippen molar-refractivity contribution >= 4 is 21.8 Å². The Morgan fingerprint density at radius 3 is 2.87 bits per heavy atom. The van der Waals surface area contributed by atoms with Gasteiger partial charge in [-0.15, -0.1) is 0 Å². The van der Waals surface area contributed by atoms with E-state index < -0.39 is 0 Å². The summed E-state index contributed by atoms with van der Waals surface area (Å²) in [5.74, 6) is 0.868. The Hall–Kier alpha value is -1.53. The summed E-state index contributed by atoms with van der Waals surface area (Å²) in [6, 6.07) is 5.85. The molecule has 2 aromatic rings. The highest BCUT2D eigenvalue weighted by Gasteiger charge is 2.26. The van der Waals surface area contributed by atoms with Gasteiger partial charge in [-0.05, 0) is 67.0 Å². The molecule has 2 aromatic heterocycles. The molecule has 1 unspecified atom stereocenters. The van der Waals surface area contributed by atoms with E-state index in [1.807, 2.05) is 35.9 Å². The zero-order valence-electron chi connectivity index (χ0n) is 13.3. The van der Waals surface area contributed by atoms with Crippen LogP contribution in [-0.2, 0) is 6.54 Å². The van der Waals surface area contributed by atoms with E-state index in [0.29, 0.717) is 12.2 Å². The first-order chi connectivity index (χ1) is 11.2. The minimum Gasteiger partial charge on any atom is -0.468 e. The number of hydrogen-bond acceptors (Lipinski definition) is 3. The number of rotatable bonds is 6. The average molecular weight is 380 g/mol. The lowest BCUT2D eigenvalue weighted by molar-refractivity contribution is 0.0924. The number of furan rings is 1. The molecule has 3 heterocycles. The SMILES string of the molecule is CCn1cc(Br)cc1C(=O)NCC(c1ccco1)N1CCCC1. The summed E-state index contributed by atoms with van der Waals surface area (Å²) < 4.78 is 8.45. The molecule has 1 amide bonds. The van der Waals surface area contributed by atoms with Gasteiger partial charge in [-0.2, -0.15) is 0 Å². The number of nitrogens with zero attached hydrogens (tertiary/aromatic N) is 2. The number of aromatic nitrogens is 1. The predicted molar refractivity (Wildman–Crippen MR) is 92.4 cm³/mol. The molecule has 124 valence electrons. The Bertz CT molecular complexity index is 645. The number of likely N-dealkylation sites (tertiary alicyclic amines) is 1. The van der Waals surface area contributed by atoms with Crippen LogP contribution in [0, 0.1) is 0 Å². The van der Waals surface area contributed by atoms with Crippen molar-refractivity contribution in [3.63, 3.8) is 0 Å². The van der Waals surface area contributed by atoms with Gasteiger partial charge in [0.2, 0.25) is 0 Å². The molecule has 0 saturated carbocycles.